The van der Waals surface area contributed by atoms with E-state index in [-0.39, 0.29) is 10.2 Å². The van der Waals surface area contributed by atoms with Gasteiger partial charge in [0.1, 0.15) is 10.4 Å². The number of aliphatic carboxylic acids is 1. The van der Waals surface area contributed by atoms with Gasteiger partial charge in [0.15, 0.2) is 11.5 Å². The van der Waals surface area contributed by atoms with Gasteiger partial charge >= 0.3 is 5.97 Å². The zero-order valence-corrected chi connectivity index (χ0v) is 17.7. The van der Waals surface area contributed by atoms with Gasteiger partial charge in [0.2, 0.25) is 0 Å². The van der Waals surface area contributed by atoms with E-state index in [4.69, 9.17) is 21.7 Å². The number of nitrogens with zero attached hydrogens (tertiary/aromatic N) is 1. The summed E-state index contributed by atoms with van der Waals surface area (Å²) in [6.07, 6.45) is 3.92. The third kappa shape index (κ3) is 5.18. The highest BCUT2D eigenvalue weighted by Gasteiger charge is 2.40. The fourth-order valence-electron chi connectivity index (χ4n) is 2.54. The molecule has 1 unspecified atom stereocenters. The van der Waals surface area contributed by atoms with Crippen LogP contribution in [0.5, 0.6) is 11.5 Å². The van der Waals surface area contributed by atoms with Crippen molar-refractivity contribution in [2.75, 3.05) is 25.7 Å². The number of hydrogen-bond acceptors (Lipinski definition) is 7. The Kier molecular flexibility index (Phi) is 8.00. The number of carbonyl (C=O) groups excluding carboxylic acids is 1. The van der Waals surface area contributed by atoms with E-state index in [0.717, 1.165) is 17.3 Å². The Morgan fingerprint density at radius 3 is 2.78 bits per heavy atom. The number of carboxylic acids is 1. The van der Waals surface area contributed by atoms with Gasteiger partial charge in [-0.2, -0.15) is 11.8 Å². The van der Waals surface area contributed by atoms with Crippen LogP contribution in [0.4, 0.5) is 0 Å². The first-order valence-corrected chi connectivity index (χ1v) is 10.8. The standard InChI is InChI=1S/C18H21NO5S3/c1-4-24-13-6-5-11(9-14(13)23-2)10-15-16(20)19(18(25)27-15)12(17(21)22)7-8-26-3/h5-6,9-10,12H,4,7-8H2,1-3H3,(H,21,22)/b15-10+. The lowest BCUT2D eigenvalue weighted by Gasteiger charge is -2.22. The van der Waals surface area contributed by atoms with Gasteiger partial charge < -0.3 is 14.6 Å². The van der Waals surface area contributed by atoms with Crippen molar-refractivity contribution in [2.24, 2.45) is 0 Å². The number of hydrogen-bond donors (Lipinski definition) is 1. The predicted octanol–water partition coefficient (Wildman–Crippen LogP) is 3.50. The summed E-state index contributed by atoms with van der Waals surface area (Å²) in [5, 5.41) is 9.50. The average molecular weight is 428 g/mol. The van der Waals surface area contributed by atoms with E-state index in [1.807, 2.05) is 19.2 Å². The van der Waals surface area contributed by atoms with Crippen molar-refractivity contribution in [3.8, 4) is 11.5 Å². The molecule has 0 spiro atoms. The topological polar surface area (TPSA) is 76.1 Å². The number of thioether (sulfide) groups is 2. The zero-order chi connectivity index (χ0) is 20.0. The molecule has 1 heterocycles. The van der Waals surface area contributed by atoms with Gasteiger partial charge in [-0.25, -0.2) is 4.79 Å². The highest BCUT2D eigenvalue weighted by atomic mass is 32.2. The number of carboxylic acid groups (broad SMARTS) is 1. The van der Waals surface area contributed by atoms with E-state index < -0.39 is 12.0 Å². The first-order chi connectivity index (χ1) is 12.9. The van der Waals surface area contributed by atoms with Crippen LogP contribution in [-0.2, 0) is 9.59 Å². The molecule has 1 aromatic rings. The summed E-state index contributed by atoms with van der Waals surface area (Å²) >= 11 is 7.91. The molecule has 0 bridgehead atoms. The molecule has 1 atom stereocenters. The van der Waals surface area contributed by atoms with Crippen LogP contribution in [0.3, 0.4) is 0 Å². The molecule has 1 aliphatic rings. The molecule has 1 aromatic carbocycles. The summed E-state index contributed by atoms with van der Waals surface area (Å²) in [4.78, 5) is 26.0. The summed E-state index contributed by atoms with van der Waals surface area (Å²) in [5.74, 6) is 0.372. The molecule has 0 radical (unpaired) electrons. The van der Waals surface area contributed by atoms with Crippen molar-refractivity contribution < 1.29 is 24.2 Å². The largest absolute Gasteiger partial charge is 0.493 e. The SMILES string of the molecule is CCOc1ccc(/C=C2/SC(=S)N(C(CCSC)C(=O)O)C2=O)cc1OC. The number of ether oxygens (including phenoxy) is 2. The number of amides is 1. The molecule has 27 heavy (non-hydrogen) atoms. The molecular weight excluding hydrogens is 406 g/mol. The number of carbonyl (C=O) groups is 2. The van der Waals surface area contributed by atoms with E-state index in [1.54, 1.807) is 25.3 Å². The summed E-state index contributed by atoms with van der Waals surface area (Å²) in [6, 6.07) is 4.39. The summed E-state index contributed by atoms with van der Waals surface area (Å²) < 4.78 is 11.1. The highest BCUT2D eigenvalue weighted by molar-refractivity contribution is 8.26. The lowest BCUT2D eigenvalue weighted by Crippen LogP contribution is -2.44. The molecule has 1 fully saturated rings. The van der Waals surface area contributed by atoms with Crippen molar-refractivity contribution in [1.82, 2.24) is 4.90 Å². The van der Waals surface area contributed by atoms with Crippen molar-refractivity contribution in [3.63, 3.8) is 0 Å². The number of benzene rings is 1. The van der Waals surface area contributed by atoms with E-state index in [0.29, 0.717) is 35.2 Å². The quantitative estimate of drug-likeness (QED) is 0.474. The summed E-state index contributed by atoms with van der Waals surface area (Å²) in [7, 11) is 1.55. The van der Waals surface area contributed by atoms with Crippen LogP contribution in [0, 0.1) is 0 Å². The van der Waals surface area contributed by atoms with Crippen LogP contribution >= 0.6 is 35.7 Å². The van der Waals surface area contributed by atoms with Crippen LogP contribution in [-0.4, -0.2) is 58.0 Å². The van der Waals surface area contributed by atoms with Gasteiger partial charge in [-0.1, -0.05) is 30.0 Å². The van der Waals surface area contributed by atoms with Crippen LogP contribution in [0.2, 0.25) is 0 Å². The minimum atomic E-state index is -1.05. The maximum Gasteiger partial charge on any atom is 0.326 e. The summed E-state index contributed by atoms with van der Waals surface area (Å²) in [5.41, 5.74) is 0.742. The predicted molar refractivity (Wildman–Crippen MR) is 114 cm³/mol. The zero-order valence-electron chi connectivity index (χ0n) is 15.3. The normalized spacial score (nSPS) is 16.7. The molecular formula is C18H21NO5S3. The average Bonchev–Trinajstić information content (AvgIpc) is 2.91. The van der Waals surface area contributed by atoms with Gasteiger partial charge in [0.25, 0.3) is 5.91 Å². The third-order valence-electron chi connectivity index (χ3n) is 3.80. The summed E-state index contributed by atoms with van der Waals surface area (Å²) in [6.45, 7) is 2.40. The van der Waals surface area contributed by atoms with Crippen LogP contribution < -0.4 is 9.47 Å². The first-order valence-electron chi connectivity index (χ1n) is 8.22. The second kappa shape index (κ2) is 10.0. The van der Waals surface area contributed by atoms with Gasteiger partial charge in [0, 0.05) is 0 Å². The fraction of sp³-hybridized carbons (Fsp3) is 0.389. The molecule has 9 heteroatoms. The first kappa shape index (κ1) is 21.6. The second-order valence-corrected chi connectivity index (χ2v) is 8.19. The lowest BCUT2D eigenvalue weighted by atomic mass is 10.1. The van der Waals surface area contributed by atoms with Gasteiger partial charge in [-0.05, 0) is 49.1 Å². The van der Waals surface area contributed by atoms with E-state index in [1.165, 1.54) is 16.7 Å². The smallest absolute Gasteiger partial charge is 0.326 e. The Balaban J connectivity index is 2.28. The van der Waals surface area contributed by atoms with E-state index in [9.17, 15) is 14.7 Å². The number of methoxy groups -OCH3 is 1. The molecule has 1 saturated heterocycles. The van der Waals surface area contributed by atoms with Gasteiger partial charge in [-0.3, -0.25) is 9.69 Å². The molecule has 2 rings (SSSR count). The Morgan fingerprint density at radius 1 is 1.44 bits per heavy atom. The lowest BCUT2D eigenvalue weighted by molar-refractivity contribution is -0.145. The minimum absolute atomic E-state index is 0.262. The molecule has 146 valence electrons. The third-order valence-corrected chi connectivity index (χ3v) is 5.78. The van der Waals surface area contributed by atoms with Crippen molar-refractivity contribution in [3.05, 3.63) is 28.7 Å². The van der Waals surface area contributed by atoms with Gasteiger partial charge in [0.05, 0.1) is 18.6 Å². The van der Waals surface area contributed by atoms with Crippen LogP contribution in [0.15, 0.2) is 23.1 Å². The fourth-order valence-corrected chi connectivity index (χ4v) is 4.36. The Hall–Kier alpha value is -1.71. The Labute approximate surface area is 172 Å². The minimum Gasteiger partial charge on any atom is -0.493 e. The highest BCUT2D eigenvalue weighted by Crippen LogP contribution is 2.36. The van der Waals surface area contributed by atoms with E-state index in [2.05, 4.69) is 0 Å². The molecule has 1 aliphatic heterocycles. The maximum atomic E-state index is 12.8. The maximum absolute atomic E-state index is 12.8. The van der Waals surface area contributed by atoms with E-state index >= 15 is 0 Å². The Morgan fingerprint density at radius 2 is 2.19 bits per heavy atom. The molecule has 6 nitrogen and oxygen atoms in total. The molecule has 0 aliphatic carbocycles. The molecule has 0 aromatic heterocycles. The van der Waals surface area contributed by atoms with Crippen LogP contribution in [0.1, 0.15) is 18.9 Å². The molecule has 1 amide bonds. The number of thiocarbonyl (C=S) groups is 1. The Bertz CT molecular complexity index is 765. The van der Waals surface area contributed by atoms with Crippen molar-refractivity contribution in [1.29, 1.82) is 0 Å². The van der Waals surface area contributed by atoms with Crippen molar-refractivity contribution in [2.45, 2.75) is 19.4 Å². The van der Waals surface area contributed by atoms with Gasteiger partial charge in [-0.15, -0.1) is 0 Å². The monoisotopic (exact) mass is 427 g/mol. The number of rotatable bonds is 9. The molecule has 0 saturated carbocycles. The molecule has 1 N–H and O–H groups in total. The second-order valence-electron chi connectivity index (χ2n) is 5.53. The van der Waals surface area contributed by atoms with Crippen LogP contribution in [0.25, 0.3) is 6.08 Å². The van der Waals surface area contributed by atoms with Crippen molar-refractivity contribution >= 4 is 58.0 Å².